The second kappa shape index (κ2) is 15.2. The molecule has 3 N–H and O–H groups in total. The summed E-state index contributed by atoms with van der Waals surface area (Å²) < 4.78 is 61.9. The molecular weight excluding hydrogens is 642 g/mol. The number of aliphatic hydroxyl groups is 1. The van der Waals surface area contributed by atoms with Gasteiger partial charge in [0, 0.05) is 56.5 Å². The van der Waals surface area contributed by atoms with E-state index < -0.39 is 45.8 Å². The number of hydrogen-bond acceptors (Lipinski definition) is 7. The maximum absolute atomic E-state index is 14.2. The van der Waals surface area contributed by atoms with Crippen LogP contribution in [0.1, 0.15) is 50.2 Å². The van der Waals surface area contributed by atoms with Crippen LogP contribution in [0.25, 0.3) is 0 Å². The molecule has 0 radical (unpaired) electrons. The Hall–Kier alpha value is -3.75. The minimum absolute atomic E-state index is 0.0660. The van der Waals surface area contributed by atoms with Gasteiger partial charge in [0.2, 0.25) is 10.0 Å². The molecule has 13 heteroatoms. The van der Waals surface area contributed by atoms with Crippen LogP contribution in [0.3, 0.4) is 0 Å². The van der Waals surface area contributed by atoms with E-state index in [1.807, 2.05) is 0 Å². The van der Waals surface area contributed by atoms with Gasteiger partial charge in [0.15, 0.2) is 0 Å². The van der Waals surface area contributed by atoms with Crippen LogP contribution in [-0.2, 0) is 21.2 Å². The molecule has 2 unspecified atom stereocenters. The van der Waals surface area contributed by atoms with E-state index in [0.717, 1.165) is 36.6 Å². The van der Waals surface area contributed by atoms with E-state index in [4.69, 9.17) is 4.74 Å². The summed E-state index contributed by atoms with van der Waals surface area (Å²) in [6.07, 6.45) is 0.130. The molecule has 2 amide bonds. The number of amides is 2. The van der Waals surface area contributed by atoms with Crippen LogP contribution in [0.2, 0.25) is 0 Å². The van der Waals surface area contributed by atoms with Gasteiger partial charge in [0.05, 0.1) is 29.7 Å². The second-order valence-corrected chi connectivity index (χ2v) is 14.6. The van der Waals surface area contributed by atoms with Gasteiger partial charge in [-0.15, -0.1) is 0 Å². The zero-order chi connectivity index (χ0) is 34.6. The van der Waals surface area contributed by atoms with Crippen LogP contribution >= 0.6 is 0 Å². The van der Waals surface area contributed by atoms with Crippen molar-refractivity contribution in [2.24, 2.45) is 0 Å². The highest BCUT2D eigenvalue weighted by molar-refractivity contribution is 7.89. The monoisotopic (exact) mass is 684 g/mol. The standard InChI is InChI=1S/C35H42F2N4O6S/c1-22-6-4-8-30(14-22)48(45,46)40-11-9-38-32(20-40)33(42)31(17-24-15-27(36)19-28(37)16-24)39-34(43)25-12-23(2)13-26(18-25)35(44)41-10-5-7-29(41)21-47-3/h4,6,8,12-16,18-19,29,31-33,38,42H,5,7,9-11,17,20-21H2,1-3H3,(H,39,43)/t29?,31-,32?,33+/m1/s1. The molecule has 3 aromatic rings. The van der Waals surface area contributed by atoms with E-state index in [-0.39, 0.29) is 54.0 Å². The van der Waals surface area contributed by atoms with Crippen molar-refractivity contribution in [3.8, 4) is 0 Å². The van der Waals surface area contributed by atoms with E-state index in [1.54, 1.807) is 56.2 Å². The number of aryl methyl sites for hydroxylation is 2. The van der Waals surface area contributed by atoms with Gasteiger partial charge in [0.1, 0.15) is 11.6 Å². The summed E-state index contributed by atoms with van der Waals surface area (Å²) in [4.78, 5) is 29.2. The lowest BCUT2D eigenvalue weighted by molar-refractivity contribution is 0.0599. The molecule has 2 fully saturated rings. The van der Waals surface area contributed by atoms with E-state index in [9.17, 15) is 31.9 Å². The number of carbonyl (C=O) groups excluding carboxylic acids is 2. The number of aliphatic hydroxyl groups excluding tert-OH is 1. The van der Waals surface area contributed by atoms with E-state index in [0.29, 0.717) is 24.3 Å². The third-order valence-corrected chi connectivity index (χ3v) is 10.8. The Labute approximate surface area is 280 Å². The molecule has 4 atom stereocenters. The fourth-order valence-corrected chi connectivity index (χ4v) is 8.14. The number of likely N-dealkylation sites (tertiary alicyclic amines) is 1. The maximum Gasteiger partial charge on any atom is 0.254 e. The average Bonchev–Trinajstić information content (AvgIpc) is 3.51. The Morgan fingerprint density at radius 1 is 1.02 bits per heavy atom. The number of hydrogen-bond donors (Lipinski definition) is 3. The number of nitrogens with zero attached hydrogens (tertiary/aromatic N) is 2. The number of nitrogens with one attached hydrogen (secondary N) is 2. The molecular formula is C35H42F2N4O6S. The van der Waals surface area contributed by atoms with Crippen LogP contribution in [0.15, 0.2) is 65.6 Å². The summed E-state index contributed by atoms with van der Waals surface area (Å²) in [7, 11) is -2.31. The Bertz CT molecular complexity index is 1740. The molecule has 0 aromatic heterocycles. The van der Waals surface area contributed by atoms with Gasteiger partial charge in [-0.1, -0.05) is 12.1 Å². The highest BCUT2D eigenvalue weighted by Gasteiger charge is 2.37. The van der Waals surface area contributed by atoms with Crippen molar-refractivity contribution in [1.29, 1.82) is 0 Å². The Balaban J connectivity index is 1.40. The Kier molecular flexibility index (Phi) is 11.3. The average molecular weight is 685 g/mol. The van der Waals surface area contributed by atoms with Crippen LogP contribution in [0, 0.1) is 25.5 Å². The lowest BCUT2D eigenvalue weighted by Gasteiger charge is -2.38. The van der Waals surface area contributed by atoms with Crippen LogP contribution in [-0.4, -0.2) is 98.7 Å². The molecule has 2 aliphatic heterocycles. The lowest BCUT2D eigenvalue weighted by atomic mass is 9.94. The number of carbonyl (C=O) groups is 2. The Morgan fingerprint density at radius 3 is 2.46 bits per heavy atom. The number of rotatable bonds is 11. The molecule has 3 aromatic carbocycles. The molecule has 0 bridgehead atoms. The van der Waals surface area contributed by atoms with Gasteiger partial charge in [-0.3, -0.25) is 9.59 Å². The normalized spacial score (nSPS) is 20.0. The SMILES string of the molecule is COCC1CCCN1C(=O)c1cc(C)cc(C(=O)N[C@H](Cc2cc(F)cc(F)c2)[C@H](O)C2CN(S(=O)(=O)c3cccc(C)c3)CCN2)c1. The minimum Gasteiger partial charge on any atom is -0.389 e. The van der Waals surface area contributed by atoms with E-state index >= 15 is 0 Å². The third-order valence-electron chi connectivity index (χ3n) is 8.90. The largest absolute Gasteiger partial charge is 0.389 e. The first-order valence-corrected chi connectivity index (χ1v) is 17.5. The first kappa shape index (κ1) is 35.6. The van der Waals surface area contributed by atoms with Gasteiger partial charge in [-0.25, -0.2) is 17.2 Å². The van der Waals surface area contributed by atoms with E-state index in [1.165, 1.54) is 16.4 Å². The number of halogens is 2. The van der Waals surface area contributed by atoms with Crippen LogP contribution in [0.4, 0.5) is 8.78 Å². The number of piperazine rings is 1. The van der Waals surface area contributed by atoms with Crippen molar-refractivity contribution in [2.75, 3.05) is 39.9 Å². The fraction of sp³-hybridized carbons (Fsp3) is 0.429. The quantitative estimate of drug-likeness (QED) is 0.283. The first-order chi connectivity index (χ1) is 22.8. The predicted octanol–water partition coefficient (Wildman–Crippen LogP) is 3.20. The molecule has 5 rings (SSSR count). The summed E-state index contributed by atoms with van der Waals surface area (Å²) in [6, 6.07) is 12.3. The van der Waals surface area contributed by atoms with Gasteiger partial charge >= 0.3 is 0 Å². The van der Waals surface area contributed by atoms with Crippen LogP contribution in [0.5, 0.6) is 0 Å². The van der Waals surface area contributed by atoms with Crippen molar-refractivity contribution in [1.82, 2.24) is 19.8 Å². The lowest BCUT2D eigenvalue weighted by Crippen LogP contribution is -2.62. The Morgan fingerprint density at radius 2 is 1.75 bits per heavy atom. The molecule has 258 valence electrons. The van der Waals surface area contributed by atoms with Crippen molar-refractivity contribution in [3.63, 3.8) is 0 Å². The summed E-state index contributed by atoms with van der Waals surface area (Å²) >= 11 is 0. The summed E-state index contributed by atoms with van der Waals surface area (Å²) in [5.74, 6) is -2.46. The van der Waals surface area contributed by atoms with Crippen molar-refractivity contribution < 1.29 is 36.6 Å². The third kappa shape index (κ3) is 8.27. The summed E-state index contributed by atoms with van der Waals surface area (Å²) in [6.45, 7) is 4.82. The van der Waals surface area contributed by atoms with Crippen molar-refractivity contribution in [3.05, 3.63) is 100 Å². The topological polar surface area (TPSA) is 128 Å². The predicted molar refractivity (Wildman–Crippen MR) is 176 cm³/mol. The zero-order valence-electron chi connectivity index (χ0n) is 27.3. The maximum atomic E-state index is 14.2. The molecule has 10 nitrogen and oxygen atoms in total. The van der Waals surface area contributed by atoms with Crippen molar-refractivity contribution in [2.45, 2.75) is 62.2 Å². The first-order valence-electron chi connectivity index (χ1n) is 16.0. The number of benzene rings is 3. The smallest absolute Gasteiger partial charge is 0.254 e. The molecule has 48 heavy (non-hydrogen) atoms. The molecule has 2 aliphatic rings. The molecule has 0 spiro atoms. The fourth-order valence-electron chi connectivity index (χ4n) is 6.57. The molecule has 0 aliphatic carbocycles. The van der Waals surface area contributed by atoms with Crippen molar-refractivity contribution >= 4 is 21.8 Å². The molecule has 0 saturated carbocycles. The molecule has 2 saturated heterocycles. The summed E-state index contributed by atoms with van der Waals surface area (Å²) in [5.41, 5.74) is 2.14. The highest BCUT2D eigenvalue weighted by Crippen LogP contribution is 2.24. The van der Waals surface area contributed by atoms with Gasteiger partial charge in [0.25, 0.3) is 11.8 Å². The number of sulfonamides is 1. The number of ether oxygens (including phenoxy) is 1. The minimum atomic E-state index is -3.89. The molecule has 2 heterocycles. The highest BCUT2D eigenvalue weighted by atomic mass is 32.2. The van der Waals surface area contributed by atoms with Gasteiger partial charge in [-0.05, 0) is 92.3 Å². The van der Waals surface area contributed by atoms with Gasteiger partial charge in [-0.2, -0.15) is 4.31 Å². The second-order valence-electron chi connectivity index (χ2n) is 12.6. The van der Waals surface area contributed by atoms with Crippen LogP contribution < -0.4 is 10.6 Å². The van der Waals surface area contributed by atoms with Gasteiger partial charge < -0.3 is 25.4 Å². The zero-order valence-corrected chi connectivity index (χ0v) is 28.1. The van der Waals surface area contributed by atoms with E-state index in [2.05, 4.69) is 10.6 Å². The number of methoxy groups -OCH3 is 1. The summed E-state index contributed by atoms with van der Waals surface area (Å²) in [5, 5.41) is 17.7.